The number of aliphatic hydroxyl groups excluding tert-OH is 1. The highest BCUT2D eigenvalue weighted by molar-refractivity contribution is 9.10. The van der Waals surface area contributed by atoms with E-state index >= 15 is 0 Å². The van der Waals surface area contributed by atoms with Crippen LogP contribution in [0.25, 0.3) is 0 Å². The highest BCUT2D eigenvalue weighted by Crippen LogP contribution is 2.29. The van der Waals surface area contributed by atoms with Crippen LogP contribution in [-0.4, -0.2) is 53.7 Å². The molecule has 27 heavy (non-hydrogen) atoms. The Kier molecular flexibility index (Phi) is 7.53. The van der Waals surface area contributed by atoms with Gasteiger partial charge >= 0.3 is 0 Å². The van der Waals surface area contributed by atoms with E-state index in [1.807, 2.05) is 11.1 Å². The van der Waals surface area contributed by atoms with Gasteiger partial charge in [0, 0.05) is 43.0 Å². The monoisotopic (exact) mass is 437 g/mol. The van der Waals surface area contributed by atoms with Crippen LogP contribution < -0.4 is 4.90 Å². The molecule has 1 aliphatic heterocycles. The van der Waals surface area contributed by atoms with Crippen LogP contribution in [0.15, 0.2) is 16.7 Å². The van der Waals surface area contributed by atoms with Crippen molar-refractivity contribution in [1.29, 1.82) is 0 Å². The van der Waals surface area contributed by atoms with E-state index in [-0.39, 0.29) is 6.61 Å². The molecule has 0 spiro atoms. The summed E-state index contributed by atoms with van der Waals surface area (Å²) in [6.45, 7) is 5.35. The van der Waals surface area contributed by atoms with Crippen molar-refractivity contribution in [3.8, 4) is 0 Å². The van der Waals surface area contributed by atoms with Crippen LogP contribution in [0, 0.1) is 18.8 Å². The normalized spacial score (nSPS) is 26.0. The van der Waals surface area contributed by atoms with E-state index in [9.17, 15) is 9.90 Å². The number of aliphatic hydroxyl groups is 1. The Bertz CT molecular complexity index is 619. The second kappa shape index (κ2) is 9.87. The molecule has 150 valence electrons. The van der Waals surface area contributed by atoms with Crippen molar-refractivity contribution in [1.82, 2.24) is 9.88 Å². The lowest BCUT2D eigenvalue weighted by Crippen LogP contribution is -2.41. The Morgan fingerprint density at radius 1 is 1.30 bits per heavy atom. The van der Waals surface area contributed by atoms with Crippen LogP contribution in [0.4, 0.5) is 5.82 Å². The number of halogens is 1. The molecule has 1 saturated heterocycles. The third kappa shape index (κ3) is 5.44. The van der Waals surface area contributed by atoms with E-state index in [2.05, 4.69) is 38.8 Å². The van der Waals surface area contributed by atoms with Gasteiger partial charge in [0.15, 0.2) is 0 Å². The Morgan fingerprint density at radius 3 is 2.74 bits per heavy atom. The molecule has 0 aromatic carbocycles. The fraction of sp³-hybridized carbons (Fsp3) is 0.714. The van der Waals surface area contributed by atoms with Crippen LogP contribution >= 0.6 is 15.9 Å². The second-order valence-electron chi connectivity index (χ2n) is 8.24. The average Bonchev–Trinajstić information content (AvgIpc) is 2.69. The largest absolute Gasteiger partial charge is 0.396 e. The molecule has 1 N–H and O–H groups in total. The van der Waals surface area contributed by atoms with E-state index in [1.54, 1.807) is 0 Å². The van der Waals surface area contributed by atoms with Crippen LogP contribution in [0.5, 0.6) is 0 Å². The maximum atomic E-state index is 11.6. The Morgan fingerprint density at radius 2 is 2.07 bits per heavy atom. The Hall–Kier alpha value is -1.14. The SMILES string of the molecule is Cc1cc(Br)cnc1N1CCCC(CCN(C=O)C2CCC(CO)CC2)C1. The van der Waals surface area contributed by atoms with Crippen LogP contribution in [0.3, 0.4) is 0 Å². The maximum Gasteiger partial charge on any atom is 0.209 e. The quantitative estimate of drug-likeness (QED) is 0.659. The summed E-state index contributed by atoms with van der Waals surface area (Å²) in [4.78, 5) is 20.7. The standard InChI is InChI=1S/C21H32BrN3O2/c1-16-11-19(22)12-23-21(16)24-9-2-3-17(13-24)8-10-25(15-27)20-6-4-18(14-26)5-7-20/h11-12,15,17-18,20,26H,2-10,13-14H2,1H3. The highest BCUT2D eigenvalue weighted by atomic mass is 79.9. The molecule has 5 nitrogen and oxygen atoms in total. The zero-order chi connectivity index (χ0) is 19.2. The van der Waals surface area contributed by atoms with Crippen molar-refractivity contribution < 1.29 is 9.90 Å². The highest BCUT2D eigenvalue weighted by Gasteiger charge is 2.27. The first-order valence-corrected chi connectivity index (χ1v) is 11.1. The van der Waals surface area contributed by atoms with E-state index in [1.165, 1.54) is 18.4 Å². The minimum absolute atomic E-state index is 0.287. The van der Waals surface area contributed by atoms with Crippen LogP contribution in [-0.2, 0) is 4.79 Å². The molecule has 2 fully saturated rings. The molecule has 1 unspecified atom stereocenters. The van der Waals surface area contributed by atoms with Crippen molar-refractivity contribution in [3.05, 3.63) is 22.3 Å². The molecule has 1 saturated carbocycles. The van der Waals surface area contributed by atoms with Crippen LogP contribution in [0.2, 0.25) is 0 Å². The van der Waals surface area contributed by atoms with Gasteiger partial charge in [-0.2, -0.15) is 0 Å². The molecular weight excluding hydrogens is 406 g/mol. The maximum absolute atomic E-state index is 11.6. The zero-order valence-corrected chi connectivity index (χ0v) is 17.9. The van der Waals surface area contributed by atoms with Gasteiger partial charge in [-0.05, 0) is 91.3 Å². The van der Waals surface area contributed by atoms with Gasteiger partial charge in [0.1, 0.15) is 5.82 Å². The minimum Gasteiger partial charge on any atom is -0.396 e. The molecular formula is C21H32BrN3O2. The smallest absolute Gasteiger partial charge is 0.209 e. The number of carbonyl (C=O) groups excluding carboxylic acids is 1. The minimum atomic E-state index is 0.287. The first-order valence-electron chi connectivity index (χ1n) is 10.3. The van der Waals surface area contributed by atoms with Gasteiger partial charge in [-0.1, -0.05) is 0 Å². The summed E-state index contributed by atoms with van der Waals surface area (Å²) >= 11 is 3.49. The molecule has 6 heteroatoms. The number of rotatable bonds is 7. The van der Waals surface area contributed by atoms with Crippen molar-refractivity contribution in [3.63, 3.8) is 0 Å². The third-order valence-corrected chi connectivity index (χ3v) is 6.74. The van der Waals surface area contributed by atoms with Crippen molar-refractivity contribution in [2.75, 3.05) is 31.1 Å². The molecule has 1 atom stereocenters. The number of carbonyl (C=O) groups is 1. The predicted octanol–water partition coefficient (Wildman–Crippen LogP) is 3.77. The fourth-order valence-electron chi connectivity index (χ4n) is 4.67. The van der Waals surface area contributed by atoms with Gasteiger partial charge in [-0.15, -0.1) is 0 Å². The van der Waals surface area contributed by atoms with Crippen molar-refractivity contribution >= 4 is 28.2 Å². The third-order valence-electron chi connectivity index (χ3n) is 6.31. The second-order valence-corrected chi connectivity index (χ2v) is 9.15. The van der Waals surface area contributed by atoms with E-state index < -0.39 is 0 Å². The summed E-state index contributed by atoms with van der Waals surface area (Å²) in [5.41, 5.74) is 1.21. The summed E-state index contributed by atoms with van der Waals surface area (Å²) in [7, 11) is 0. The van der Waals surface area contributed by atoms with E-state index in [0.29, 0.717) is 17.9 Å². The van der Waals surface area contributed by atoms with Gasteiger partial charge < -0.3 is 14.9 Å². The molecule has 1 aromatic heterocycles. The average molecular weight is 438 g/mol. The first kappa shape index (κ1) is 20.6. The molecule has 1 amide bonds. The number of anilines is 1. The number of hydrogen-bond donors (Lipinski definition) is 1. The molecule has 0 radical (unpaired) electrons. The lowest BCUT2D eigenvalue weighted by Gasteiger charge is -2.37. The zero-order valence-electron chi connectivity index (χ0n) is 16.3. The molecule has 3 rings (SSSR count). The number of hydrogen-bond acceptors (Lipinski definition) is 4. The lowest BCUT2D eigenvalue weighted by molar-refractivity contribution is -0.121. The molecule has 2 heterocycles. The summed E-state index contributed by atoms with van der Waals surface area (Å²) in [5, 5.41) is 9.30. The van der Waals surface area contributed by atoms with Gasteiger partial charge in [0.25, 0.3) is 0 Å². The van der Waals surface area contributed by atoms with Crippen LogP contribution in [0.1, 0.15) is 50.5 Å². The topological polar surface area (TPSA) is 56.7 Å². The molecule has 1 aromatic rings. The summed E-state index contributed by atoms with van der Waals surface area (Å²) in [5.74, 6) is 2.14. The van der Waals surface area contributed by atoms with E-state index in [0.717, 1.165) is 68.4 Å². The molecule has 1 aliphatic carbocycles. The number of aromatic nitrogens is 1. The first-order chi connectivity index (χ1) is 13.1. The summed E-state index contributed by atoms with van der Waals surface area (Å²) in [6, 6.07) is 2.49. The Balaban J connectivity index is 1.52. The molecule has 2 aliphatic rings. The number of piperidine rings is 1. The lowest BCUT2D eigenvalue weighted by atomic mass is 9.85. The summed E-state index contributed by atoms with van der Waals surface area (Å²) < 4.78 is 1.02. The Labute approximate surface area is 171 Å². The number of nitrogens with zero attached hydrogens (tertiary/aromatic N) is 3. The van der Waals surface area contributed by atoms with Crippen molar-refractivity contribution in [2.24, 2.45) is 11.8 Å². The molecule has 0 bridgehead atoms. The van der Waals surface area contributed by atoms with Gasteiger partial charge in [0.05, 0.1) is 0 Å². The van der Waals surface area contributed by atoms with Gasteiger partial charge in [-0.25, -0.2) is 4.98 Å². The summed E-state index contributed by atoms with van der Waals surface area (Å²) in [6.07, 6.45) is 10.5. The number of aryl methyl sites for hydroxylation is 1. The van der Waals surface area contributed by atoms with Gasteiger partial charge in [0.2, 0.25) is 6.41 Å². The van der Waals surface area contributed by atoms with Gasteiger partial charge in [-0.3, -0.25) is 4.79 Å². The number of pyridine rings is 1. The van der Waals surface area contributed by atoms with Crippen molar-refractivity contribution in [2.45, 2.75) is 57.9 Å². The fourth-order valence-corrected chi connectivity index (χ4v) is 5.12. The predicted molar refractivity (Wildman–Crippen MR) is 112 cm³/mol. The van der Waals surface area contributed by atoms with E-state index in [4.69, 9.17) is 0 Å². The number of amides is 1.